The summed E-state index contributed by atoms with van der Waals surface area (Å²) in [6, 6.07) is 22.1. The average Bonchev–Trinajstić information content (AvgIpc) is 2.84. The fourth-order valence-electron chi connectivity index (χ4n) is 3.80. The molecule has 164 valence electrons. The van der Waals surface area contributed by atoms with Crippen LogP contribution < -0.4 is 15.0 Å². The van der Waals surface area contributed by atoms with Gasteiger partial charge in [-0.1, -0.05) is 41.9 Å². The van der Waals surface area contributed by atoms with E-state index in [9.17, 15) is 9.59 Å². The highest BCUT2D eigenvalue weighted by Crippen LogP contribution is 2.25. The standard InChI is InChI=1S/C25H24ClN3O3/c1-32-23-12-11-18(26)17-21(23)24(30)27-22-10-6-5-9-20(22)25(31)29-15-13-28(14-16-29)19-7-3-2-4-8-19/h2-12,17H,13-16H2,1H3,(H,27,30). The molecule has 1 saturated heterocycles. The minimum atomic E-state index is -0.390. The van der Waals surface area contributed by atoms with E-state index in [1.807, 2.05) is 23.1 Å². The van der Waals surface area contributed by atoms with Gasteiger partial charge in [-0.3, -0.25) is 9.59 Å². The number of anilines is 2. The number of methoxy groups -OCH3 is 1. The van der Waals surface area contributed by atoms with Gasteiger partial charge in [-0.05, 0) is 42.5 Å². The van der Waals surface area contributed by atoms with E-state index < -0.39 is 5.91 Å². The maximum atomic E-state index is 13.3. The lowest BCUT2D eigenvalue weighted by Gasteiger charge is -2.36. The van der Waals surface area contributed by atoms with Gasteiger partial charge in [0.2, 0.25) is 0 Å². The zero-order valence-corrected chi connectivity index (χ0v) is 18.5. The molecule has 0 aromatic heterocycles. The van der Waals surface area contributed by atoms with Gasteiger partial charge in [-0.25, -0.2) is 0 Å². The van der Waals surface area contributed by atoms with Crippen molar-refractivity contribution in [2.24, 2.45) is 0 Å². The van der Waals surface area contributed by atoms with E-state index in [1.165, 1.54) is 7.11 Å². The molecular formula is C25H24ClN3O3. The Morgan fingerprint density at radius 2 is 1.56 bits per heavy atom. The largest absolute Gasteiger partial charge is 0.496 e. The van der Waals surface area contributed by atoms with Gasteiger partial charge in [0.05, 0.1) is 23.9 Å². The van der Waals surface area contributed by atoms with E-state index in [1.54, 1.807) is 42.5 Å². The topological polar surface area (TPSA) is 61.9 Å². The molecule has 3 aromatic rings. The number of hydrogen-bond acceptors (Lipinski definition) is 4. The van der Waals surface area contributed by atoms with Crippen LogP contribution in [-0.2, 0) is 0 Å². The summed E-state index contributed by atoms with van der Waals surface area (Å²) in [4.78, 5) is 30.3. The molecule has 0 spiro atoms. The molecule has 3 aromatic carbocycles. The molecular weight excluding hydrogens is 426 g/mol. The van der Waals surface area contributed by atoms with Crippen LogP contribution in [0.2, 0.25) is 5.02 Å². The van der Waals surface area contributed by atoms with Crippen LogP contribution >= 0.6 is 11.6 Å². The lowest BCUT2D eigenvalue weighted by Crippen LogP contribution is -2.48. The Kier molecular flexibility index (Phi) is 6.61. The number of benzene rings is 3. The first-order valence-electron chi connectivity index (χ1n) is 10.4. The number of carbonyl (C=O) groups excluding carboxylic acids is 2. The number of nitrogens with zero attached hydrogens (tertiary/aromatic N) is 2. The second kappa shape index (κ2) is 9.75. The Labute approximate surface area is 192 Å². The first kappa shape index (κ1) is 21.7. The van der Waals surface area contributed by atoms with Crippen molar-refractivity contribution in [1.82, 2.24) is 4.90 Å². The molecule has 32 heavy (non-hydrogen) atoms. The molecule has 0 unspecified atom stereocenters. The summed E-state index contributed by atoms with van der Waals surface area (Å²) in [5.41, 5.74) is 2.37. The number of rotatable bonds is 5. The lowest BCUT2D eigenvalue weighted by atomic mass is 10.1. The number of nitrogens with one attached hydrogen (secondary N) is 1. The summed E-state index contributed by atoms with van der Waals surface area (Å²) in [5, 5.41) is 3.28. The van der Waals surface area contributed by atoms with E-state index in [-0.39, 0.29) is 5.91 Å². The van der Waals surface area contributed by atoms with Crippen LogP contribution in [0.1, 0.15) is 20.7 Å². The van der Waals surface area contributed by atoms with E-state index >= 15 is 0 Å². The summed E-state index contributed by atoms with van der Waals surface area (Å²) in [6.07, 6.45) is 0. The van der Waals surface area contributed by atoms with E-state index in [4.69, 9.17) is 16.3 Å². The van der Waals surface area contributed by atoms with Crippen molar-refractivity contribution in [3.8, 4) is 5.75 Å². The van der Waals surface area contributed by atoms with Crippen LogP contribution in [0, 0.1) is 0 Å². The molecule has 0 atom stereocenters. The molecule has 0 radical (unpaired) electrons. The third kappa shape index (κ3) is 4.70. The van der Waals surface area contributed by atoms with Gasteiger partial charge in [0.25, 0.3) is 11.8 Å². The first-order chi connectivity index (χ1) is 15.6. The quantitative estimate of drug-likeness (QED) is 0.620. The highest BCUT2D eigenvalue weighted by Gasteiger charge is 2.25. The van der Waals surface area contributed by atoms with Crippen molar-refractivity contribution >= 4 is 34.8 Å². The number of amides is 2. The lowest BCUT2D eigenvalue weighted by molar-refractivity contribution is 0.0748. The number of para-hydroxylation sites is 2. The molecule has 7 heteroatoms. The van der Waals surface area contributed by atoms with Gasteiger partial charge in [0.1, 0.15) is 5.75 Å². The highest BCUT2D eigenvalue weighted by molar-refractivity contribution is 6.31. The van der Waals surface area contributed by atoms with Crippen molar-refractivity contribution < 1.29 is 14.3 Å². The molecule has 0 saturated carbocycles. The monoisotopic (exact) mass is 449 g/mol. The molecule has 0 bridgehead atoms. The van der Waals surface area contributed by atoms with Crippen molar-refractivity contribution in [2.45, 2.75) is 0 Å². The summed E-state index contributed by atoms with van der Waals surface area (Å²) >= 11 is 6.06. The number of halogens is 1. The predicted octanol–water partition coefficient (Wildman–Crippen LogP) is 4.56. The van der Waals surface area contributed by atoms with Crippen LogP contribution in [0.4, 0.5) is 11.4 Å². The number of carbonyl (C=O) groups is 2. The summed E-state index contributed by atoms with van der Waals surface area (Å²) in [6.45, 7) is 2.73. The maximum absolute atomic E-state index is 13.3. The molecule has 1 heterocycles. The van der Waals surface area contributed by atoms with Gasteiger partial charge >= 0.3 is 0 Å². The van der Waals surface area contributed by atoms with Crippen LogP contribution in [0.25, 0.3) is 0 Å². The number of ether oxygens (including phenoxy) is 1. The van der Waals surface area contributed by atoms with Crippen LogP contribution in [0.15, 0.2) is 72.8 Å². The Balaban J connectivity index is 1.48. The van der Waals surface area contributed by atoms with Crippen molar-refractivity contribution in [1.29, 1.82) is 0 Å². The Hall–Kier alpha value is -3.51. The first-order valence-corrected chi connectivity index (χ1v) is 10.8. The predicted molar refractivity (Wildman–Crippen MR) is 127 cm³/mol. The maximum Gasteiger partial charge on any atom is 0.259 e. The van der Waals surface area contributed by atoms with Crippen molar-refractivity contribution in [3.05, 3.63) is 88.9 Å². The van der Waals surface area contributed by atoms with Gasteiger partial charge in [0, 0.05) is 36.9 Å². The molecule has 6 nitrogen and oxygen atoms in total. The minimum absolute atomic E-state index is 0.105. The molecule has 1 aliphatic rings. The highest BCUT2D eigenvalue weighted by atomic mass is 35.5. The summed E-state index contributed by atoms with van der Waals surface area (Å²) in [7, 11) is 1.49. The van der Waals surface area contributed by atoms with Gasteiger partial charge in [-0.2, -0.15) is 0 Å². The fraction of sp³-hybridized carbons (Fsp3) is 0.200. The van der Waals surface area contributed by atoms with Crippen LogP contribution in [0.5, 0.6) is 5.75 Å². The normalized spacial score (nSPS) is 13.6. The Morgan fingerprint density at radius 1 is 0.875 bits per heavy atom. The molecule has 2 amide bonds. The zero-order valence-electron chi connectivity index (χ0n) is 17.8. The smallest absolute Gasteiger partial charge is 0.259 e. The van der Waals surface area contributed by atoms with Gasteiger partial charge in [-0.15, -0.1) is 0 Å². The third-order valence-electron chi connectivity index (χ3n) is 5.50. The van der Waals surface area contributed by atoms with E-state index in [0.717, 1.165) is 18.8 Å². The van der Waals surface area contributed by atoms with Crippen LogP contribution in [0.3, 0.4) is 0 Å². The van der Waals surface area contributed by atoms with E-state index in [2.05, 4.69) is 22.3 Å². The SMILES string of the molecule is COc1ccc(Cl)cc1C(=O)Nc1ccccc1C(=O)N1CCN(c2ccccc2)CC1. The number of piperazine rings is 1. The molecule has 0 aliphatic carbocycles. The third-order valence-corrected chi connectivity index (χ3v) is 5.74. The van der Waals surface area contributed by atoms with Gasteiger partial charge in [0.15, 0.2) is 0 Å². The number of hydrogen-bond donors (Lipinski definition) is 1. The van der Waals surface area contributed by atoms with Crippen molar-refractivity contribution in [3.63, 3.8) is 0 Å². The minimum Gasteiger partial charge on any atom is -0.496 e. The van der Waals surface area contributed by atoms with Crippen molar-refractivity contribution in [2.75, 3.05) is 43.5 Å². The second-order valence-electron chi connectivity index (χ2n) is 7.46. The summed E-state index contributed by atoms with van der Waals surface area (Å²) < 4.78 is 5.28. The van der Waals surface area contributed by atoms with Crippen LogP contribution in [-0.4, -0.2) is 50.0 Å². The molecule has 1 N–H and O–H groups in total. The molecule has 4 rings (SSSR count). The molecule has 1 fully saturated rings. The molecule has 1 aliphatic heterocycles. The average molecular weight is 450 g/mol. The fourth-order valence-corrected chi connectivity index (χ4v) is 3.97. The Morgan fingerprint density at radius 3 is 2.28 bits per heavy atom. The Bertz CT molecular complexity index is 1110. The summed E-state index contributed by atoms with van der Waals surface area (Å²) in [5.74, 6) is -0.0853. The van der Waals surface area contributed by atoms with Gasteiger partial charge < -0.3 is 19.9 Å². The van der Waals surface area contributed by atoms with E-state index in [0.29, 0.717) is 40.7 Å². The second-order valence-corrected chi connectivity index (χ2v) is 7.90. The zero-order chi connectivity index (χ0) is 22.5.